The lowest BCUT2D eigenvalue weighted by Crippen LogP contribution is -2.53. The molecule has 2 aromatic carbocycles. The van der Waals surface area contributed by atoms with Crippen molar-refractivity contribution >= 4 is 12.1 Å². The van der Waals surface area contributed by atoms with Crippen LogP contribution in [0.5, 0.6) is 0 Å². The summed E-state index contributed by atoms with van der Waals surface area (Å²) in [4.78, 5) is 24.5. The fourth-order valence-electron chi connectivity index (χ4n) is 4.15. The van der Waals surface area contributed by atoms with Crippen molar-refractivity contribution in [1.29, 1.82) is 0 Å². The molecule has 0 heterocycles. The molecule has 162 valence electrons. The molecule has 0 spiro atoms. The number of carboxylic acids is 1. The van der Waals surface area contributed by atoms with Gasteiger partial charge in [0.25, 0.3) is 0 Å². The number of alkyl carbamates (subject to hydrolysis) is 1. The molecule has 3 rings (SSSR count). The smallest absolute Gasteiger partial charge is 0.407 e. The number of ether oxygens (including phenoxy) is 2. The molecule has 31 heavy (non-hydrogen) atoms. The molecule has 0 aliphatic heterocycles. The third-order valence-corrected chi connectivity index (χ3v) is 5.69. The first kappa shape index (κ1) is 22.4. The van der Waals surface area contributed by atoms with Gasteiger partial charge >= 0.3 is 12.1 Å². The van der Waals surface area contributed by atoms with E-state index in [1.165, 1.54) is 7.11 Å². The van der Waals surface area contributed by atoms with Gasteiger partial charge in [-0.1, -0.05) is 55.5 Å². The van der Waals surface area contributed by atoms with Crippen LogP contribution >= 0.6 is 0 Å². The Morgan fingerprint density at radius 3 is 2.23 bits per heavy atom. The highest BCUT2D eigenvalue weighted by Gasteiger charge is 2.41. The van der Waals surface area contributed by atoms with E-state index in [0.29, 0.717) is 0 Å². The zero-order valence-electron chi connectivity index (χ0n) is 18.0. The second-order valence-corrected chi connectivity index (χ2v) is 7.93. The van der Waals surface area contributed by atoms with Crippen LogP contribution < -0.4 is 5.32 Å². The molecule has 1 aliphatic carbocycles. The number of carbonyl (C=O) groups is 2. The second kappa shape index (κ2) is 9.67. The Hall–Kier alpha value is -3.30. The van der Waals surface area contributed by atoms with E-state index in [0.717, 1.165) is 22.3 Å². The highest BCUT2D eigenvalue weighted by Crippen LogP contribution is 2.44. The first-order valence-corrected chi connectivity index (χ1v) is 10.1. The van der Waals surface area contributed by atoms with Crippen LogP contribution in [0.15, 0.2) is 48.5 Å². The summed E-state index contributed by atoms with van der Waals surface area (Å²) in [5.74, 6) is 4.40. The number of amides is 1. The standard InChI is InChI=1S/C25H27NO5/c1-4-5-14-25(2,16-30-3)22(23(27)28)26-24(29)31-15-21-19-12-8-6-10-17(19)18-11-7-9-13-20(18)21/h6-13,21-22H,14-16H2,1-3H3,(H,26,29)(H,27,28)/t22-,25+/m1/s1. The monoisotopic (exact) mass is 421 g/mol. The van der Waals surface area contributed by atoms with Gasteiger partial charge in [0.2, 0.25) is 0 Å². The number of methoxy groups -OCH3 is 1. The van der Waals surface area contributed by atoms with Crippen LogP contribution in [0.2, 0.25) is 0 Å². The van der Waals surface area contributed by atoms with Crippen molar-refractivity contribution in [2.75, 3.05) is 20.3 Å². The second-order valence-electron chi connectivity index (χ2n) is 7.93. The molecule has 1 amide bonds. The molecule has 2 atom stereocenters. The number of carboxylic acid groups (broad SMARTS) is 1. The lowest BCUT2D eigenvalue weighted by molar-refractivity contribution is -0.144. The predicted molar refractivity (Wildman–Crippen MR) is 118 cm³/mol. The number of fused-ring (bicyclic) bond motifs is 3. The largest absolute Gasteiger partial charge is 0.480 e. The molecule has 0 fully saturated rings. The Bertz CT molecular complexity index is 976. The van der Waals surface area contributed by atoms with Gasteiger partial charge in [-0.15, -0.1) is 11.8 Å². The Kier molecular flexibility index (Phi) is 6.98. The molecule has 0 bridgehead atoms. The molecule has 2 aromatic rings. The topological polar surface area (TPSA) is 84.9 Å². The third-order valence-electron chi connectivity index (χ3n) is 5.69. The number of rotatable bonds is 8. The fraction of sp³-hybridized carbons (Fsp3) is 0.360. The van der Waals surface area contributed by atoms with Gasteiger partial charge in [0, 0.05) is 24.9 Å². The Morgan fingerprint density at radius 1 is 1.13 bits per heavy atom. The van der Waals surface area contributed by atoms with Crippen LogP contribution in [0.1, 0.15) is 37.3 Å². The number of aliphatic carboxylic acids is 1. The van der Waals surface area contributed by atoms with Crippen LogP contribution in [0.3, 0.4) is 0 Å². The van der Waals surface area contributed by atoms with E-state index in [9.17, 15) is 14.7 Å². The van der Waals surface area contributed by atoms with Crippen molar-refractivity contribution in [2.24, 2.45) is 5.41 Å². The van der Waals surface area contributed by atoms with Gasteiger partial charge < -0.3 is 19.9 Å². The quantitative estimate of drug-likeness (QED) is 0.629. The van der Waals surface area contributed by atoms with E-state index in [2.05, 4.69) is 29.3 Å². The predicted octanol–water partition coefficient (Wildman–Crippen LogP) is 4.04. The van der Waals surface area contributed by atoms with Gasteiger partial charge in [-0.3, -0.25) is 0 Å². The molecule has 0 unspecified atom stereocenters. The molecule has 0 saturated heterocycles. The minimum atomic E-state index is -1.20. The van der Waals surface area contributed by atoms with Crippen molar-refractivity contribution in [3.05, 3.63) is 59.7 Å². The lowest BCUT2D eigenvalue weighted by atomic mass is 9.80. The van der Waals surface area contributed by atoms with E-state index in [1.54, 1.807) is 13.8 Å². The average Bonchev–Trinajstić information content (AvgIpc) is 3.08. The minimum absolute atomic E-state index is 0.0993. The maximum Gasteiger partial charge on any atom is 0.407 e. The van der Waals surface area contributed by atoms with Crippen molar-refractivity contribution in [3.8, 4) is 23.0 Å². The van der Waals surface area contributed by atoms with E-state index < -0.39 is 23.5 Å². The van der Waals surface area contributed by atoms with Gasteiger partial charge in [-0.05, 0) is 29.2 Å². The zero-order valence-corrected chi connectivity index (χ0v) is 18.0. The van der Waals surface area contributed by atoms with Gasteiger partial charge in [0.1, 0.15) is 12.6 Å². The first-order chi connectivity index (χ1) is 14.9. The van der Waals surface area contributed by atoms with Gasteiger partial charge in [0.15, 0.2) is 0 Å². The van der Waals surface area contributed by atoms with Gasteiger partial charge in [-0.2, -0.15) is 0 Å². The highest BCUT2D eigenvalue weighted by molar-refractivity contribution is 5.81. The van der Waals surface area contributed by atoms with Gasteiger partial charge in [-0.25, -0.2) is 9.59 Å². The molecule has 6 heteroatoms. The normalized spacial score (nSPS) is 14.9. The van der Waals surface area contributed by atoms with Gasteiger partial charge in [0.05, 0.1) is 6.61 Å². The summed E-state index contributed by atoms with van der Waals surface area (Å²) >= 11 is 0. The fourth-order valence-corrected chi connectivity index (χ4v) is 4.15. The average molecular weight is 421 g/mol. The summed E-state index contributed by atoms with van der Waals surface area (Å²) in [6, 6.07) is 14.9. The summed E-state index contributed by atoms with van der Waals surface area (Å²) in [7, 11) is 1.49. The zero-order chi connectivity index (χ0) is 22.4. The van der Waals surface area contributed by atoms with Crippen LogP contribution in [-0.4, -0.2) is 43.5 Å². The van der Waals surface area contributed by atoms with Crippen molar-refractivity contribution in [3.63, 3.8) is 0 Å². The van der Waals surface area contributed by atoms with E-state index in [1.807, 2.05) is 36.4 Å². The Morgan fingerprint density at radius 2 is 1.71 bits per heavy atom. The van der Waals surface area contributed by atoms with Crippen molar-refractivity contribution in [1.82, 2.24) is 5.32 Å². The maximum absolute atomic E-state index is 12.6. The van der Waals surface area contributed by atoms with Crippen LogP contribution in [0, 0.1) is 17.3 Å². The molecule has 0 saturated carbocycles. The number of benzene rings is 2. The van der Waals surface area contributed by atoms with Crippen LogP contribution in [-0.2, 0) is 14.3 Å². The maximum atomic E-state index is 12.6. The van der Waals surface area contributed by atoms with Crippen LogP contribution in [0.4, 0.5) is 4.79 Å². The molecule has 1 aliphatic rings. The highest BCUT2D eigenvalue weighted by atomic mass is 16.5. The molecule has 2 N–H and O–H groups in total. The Labute approximate surface area is 182 Å². The first-order valence-electron chi connectivity index (χ1n) is 10.1. The molecule has 0 radical (unpaired) electrons. The number of nitrogens with one attached hydrogen (secondary N) is 1. The summed E-state index contributed by atoms with van der Waals surface area (Å²) in [5, 5.41) is 12.3. The van der Waals surface area contributed by atoms with E-state index in [4.69, 9.17) is 9.47 Å². The summed E-state index contributed by atoms with van der Waals surface area (Å²) in [6.45, 7) is 3.65. The number of carbonyl (C=O) groups excluding carboxylic acids is 1. The molecule has 0 aromatic heterocycles. The third kappa shape index (κ3) is 4.73. The van der Waals surface area contributed by atoms with Crippen LogP contribution in [0.25, 0.3) is 11.1 Å². The van der Waals surface area contributed by atoms with E-state index >= 15 is 0 Å². The van der Waals surface area contributed by atoms with E-state index in [-0.39, 0.29) is 25.6 Å². The number of hydrogen-bond donors (Lipinski definition) is 2. The molecular weight excluding hydrogens is 394 g/mol. The SMILES string of the molecule is CC#CC[C@@](C)(COC)[C@H](NC(=O)OCC1c2ccccc2-c2ccccc21)C(=O)O. The Balaban J connectivity index is 1.74. The molecule has 6 nitrogen and oxygen atoms in total. The number of hydrogen-bond acceptors (Lipinski definition) is 4. The lowest BCUT2D eigenvalue weighted by Gasteiger charge is -2.33. The molecular formula is C25H27NO5. The summed E-state index contributed by atoms with van der Waals surface area (Å²) in [5.41, 5.74) is 3.53. The minimum Gasteiger partial charge on any atom is -0.480 e. The summed E-state index contributed by atoms with van der Waals surface area (Å²) < 4.78 is 10.7. The summed E-state index contributed by atoms with van der Waals surface area (Å²) in [6.07, 6.45) is -0.515. The van der Waals surface area contributed by atoms with Crippen molar-refractivity contribution < 1.29 is 24.2 Å². The van der Waals surface area contributed by atoms with Crippen molar-refractivity contribution in [2.45, 2.75) is 32.2 Å².